The number of benzene rings is 2. The van der Waals surface area contributed by atoms with Gasteiger partial charge in [-0.15, -0.1) is 0 Å². The molecule has 0 saturated carbocycles. The Morgan fingerprint density at radius 2 is 1.85 bits per heavy atom. The van der Waals surface area contributed by atoms with Crippen LogP contribution in [0.1, 0.15) is 52.5 Å². The summed E-state index contributed by atoms with van der Waals surface area (Å²) < 4.78 is 0. The monoisotopic (exact) mass is 345 g/mol. The Labute approximate surface area is 154 Å². The lowest BCUT2D eigenvalue weighted by atomic mass is 10.0. The third-order valence-corrected chi connectivity index (χ3v) is 4.47. The number of nitrogens with one attached hydrogen (secondary N) is 1. The standard InChI is InChI=1S/C22H23N3O/c1-14(2)18-10-8-17(9-11-18)13-23-25-22(26)20-12-19-7-5-6-15(3)21(19)24-16(20)4/h5-14H,1-4H3,(H,25,26)/b23-13+. The van der Waals surface area contributed by atoms with Crippen molar-refractivity contribution < 1.29 is 4.79 Å². The molecule has 132 valence electrons. The molecule has 4 heteroatoms. The first-order valence-electron chi connectivity index (χ1n) is 8.76. The van der Waals surface area contributed by atoms with E-state index in [1.807, 2.05) is 50.2 Å². The van der Waals surface area contributed by atoms with Crippen LogP contribution in [-0.2, 0) is 0 Å². The lowest BCUT2D eigenvalue weighted by Crippen LogP contribution is -2.19. The topological polar surface area (TPSA) is 54.4 Å². The zero-order valence-corrected chi connectivity index (χ0v) is 15.6. The molecule has 0 aliphatic carbocycles. The zero-order chi connectivity index (χ0) is 18.7. The first kappa shape index (κ1) is 17.8. The Morgan fingerprint density at radius 3 is 2.54 bits per heavy atom. The molecule has 4 nitrogen and oxygen atoms in total. The summed E-state index contributed by atoms with van der Waals surface area (Å²) >= 11 is 0. The largest absolute Gasteiger partial charge is 0.273 e. The number of aryl methyl sites for hydroxylation is 2. The lowest BCUT2D eigenvalue weighted by molar-refractivity contribution is 0.0954. The van der Waals surface area contributed by atoms with Crippen molar-refractivity contribution >= 4 is 23.0 Å². The highest BCUT2D eigenvalue weighted by Crippen LogP contribution is 2.19. The summed E-state index contributed by atoms with van der Waals surface area (Å²) in [6.45, 7) is 8.17. The molecule has 0 radical (unpaired) electrons. The fourth-order valence-corrected chi connectivity index (χ4v) is 2.86. The molecule has 0 saturated heterocycles. The van der Waals surface area contributed by atoms with Crippen LogP contribution in [0.25, 0.3) is 10.9 Å². The van der Waals surface area contributed by atoms with E-state index in [1.165, 1.54) is 5.56 Å². The van der Waals surface area contributed by atoms with E-state index in [4.69, 9.17) is 0 Å². The SMILES string of the molecule is Cc1nc2c(C)cccc2cc1C(=O)N/N=C/c1ccc(C(C)C)cc1. The minimum Gasteiger partial charge on any atom is -0.267 e. The quantitative estimate of drug-likeness (QED) is 0.548. The highest BCUT2D eigenvalue weighted by molar-refractivity contribution is 5.99. The number of carbonyl (C=O) groups excluding carboxylic acids is 1. The zero-order valence-electron chi connectivity index (χ0n) is 15.6. The Morgan fingerprint density at radius 1 is 1.12 bits per heavy atom. The van der Waals surface area contributed by atoms with Crippen molar-refractivity contribution in [2.75, 3.05) is 0 Å². The van der Waals surface area contributed by atoms with Crippen LogP contribution in [0.2, 0.25) is 0 Å². The van der Waals surface area contributed by atoms with Gasteiger partial charge in [0.25, 0.3) is 5.91 Å². The van der Waals surface area contributed by atoms with Gasteiger partial charge in [0.05, 0.1) is 23.0 Å². The molecule has 1 aromatic heterocycles. The number of hydrogen-bond acceptors (Lipinski definition) is 3. The average molecular weight is 345 g/mol. The molecule has 0 unspecified atom stereocenters. The predicted molar refractivity (Wildman–Crippen MR) is 107 cm³/mol. The van der Waals surface area contributed by atoms with Gasteiger partial charge in [0.1, 0.15) is 0 Å². The maximum Gasteiger partial charge on any atom is 0.273 e. The number of pyridine rings is 1. The van der Waals surface area contributed by atoms with Crippen molar-refractivity contribution in [3.8, 4) is 0 Å². The molecular weight excluding hydrogens is 322 g/mol. The Bertz CT molecular complexity index is 973. The molecule has 1 heterocycles. The fraction of sp³-hybridized carbons (Fsp3) is 0.227. The van der Waals surface area contributed by atoms with Crippen LogP contribution in [0.3, 0.4) is 0 Å². The molecule has 0 fully saturated rings. The van der Waals surface area contributed by atoms with E-state index in [1.54, 1.807) is 6.21 Å². The molecule has 2 aromatic carbocycles. The maximum atomic E-state index is 12.5. The number of carbonyl (C=O) groups is 1. The molecule has 1 amide bonds. The van der Waals surface area contributed by atoms with E-state index in [0.717, 1.165) is 22.0 Å². The normalized spacial score (nSPS) is 11.4. The number of hydrogen-bond donors (Lipinski definition) is 1. The van der Waals surface area contributed by atoms with Gasteiger partial charge in [-0.25, -0.2) is 5.43 Å². The van der Waals surface area contributed by atoms with Crippen molar-refractivity contribution in [2.24, 2.45) is 5.10 Å². The van der Waals surface area contributed by atoms with Crippen molar-refractivity contribution in [3.63, 3.8) is 0 Å². The second kappa shape index (κ2) is 7.48. The van der Waals surface area contributed by atoms with Gasteiger partial charge in [0.15, 0.2) is 0 Å². The third kappa shape index (κ3) is 3.80. The van der Waals surface area contributed by atoms with Gasteiger partial charge in [0.2, 0.25) is 0 Å². The van der Waals surface area contributed by atoms with E-state index in [2.05, 4.69) is 41.5 Å². The summed E-state index contributed by atoms with van der Waals surface area (Å²) in [6, 6.07) is 16.0. The predicted octanol–water partition coefficient (Wildman–Crippen LogP) is 4.74. The molecular formula is C22H23N3O. The van der Waals surface area contributed by atoms with Crippen molar-refractivity contribution in [3.05, 3.63) is 76.5 Å². The number of aromatic nitrogens is 1. The van der Waals surface area contributed by atoms with Crippen LogP contribution in [0.15, 0.2) is 53.6 Å². The maximum absolute atomic E-state index is 12.5. The minimum absolute atomic E-state index is 0.256. The smallest absolute Gasteiger partial charge is 0.267 e. The molecule has 0 aliphatic rings. The van der Waals surface area contributed by atoms with Crippen LogP contribution < -0.4 is 5.43 Å². The summed E-state index contributed by atoms with van der Waals surface area (Å²) in [5.41, 5.74) is 8.07. The van der Waals surface area contributed by atoms with Crippen LogP contribution in [0, 0.1) is 13.8 Å². The first-order valence-corrected chi connectivity index (χ1v) is 8.76. The number of hydrazone groups is 1. The number of fused-ring (bicyclic) bond motifs is 1. The second-order valence-corrected chi connectivity index (χ2v) is 6.79. The molecule has 0 aliphatic heterocycles. The van der Waals surface area contributed by atoms with Crippen LogP contribution in [0.5, 0.6) is 0 Å². The van der Waals surface area contributed by atoms with Crippen LogP contribution >= 0.6 is 0 Å². The summed E-state index contributed by atoms with van der Waals surface area (Å²) in [5.74, 6) is 0.237. The lowest BCUT2D eigenvalue weighted by Gasteiger charge is -2.08. The molecule has 0 atom stereocenters. The molecule has 1 N–H and O–H groups in total. The average Bonchev–Trinajstić information content (AvgIpc) is 2.62. The summed E-state index contributed by atoms with van der Waals surface area (Å²) in [7, 11) is 0. The van der Waals surface area contributed by atoms with E-state index in [9.17, 15) is 4.79 Å². The highest BCUT2D eigenvalue weighted by Gasteiger charge is 2.11. The molecule has 3 rings (SSSR count). The molecule has 3 aromatic rings. The van der Waals surface area contributed by atoms with E-state index < -0.39 is 0 Å². The van der Waals surface area contributed by atoms with Gasteiger partial charge in [-0.05, 0) is 42.5 Å². The van der Waals surface area contributed by atoms with E-state index in [-0.39, 0.29) is 5.91 Å². The number of para-hydroxylation sites is 1. The van der Waals surface area contributed by atoms with E-state index in [0.29, 0.717) is 17.2 Å². The van der Waals surface area contributed by atoms with Gasteiger partial charge in [0, 0.05) is 5.39 Å². The van der Waals surface area contributed by atoms with Gasteiger partial charge in [-0.3, -0.25) is 9.78 Å². The second-order valence-electron chi connectivity index (χ2n) is 6.79. The fourth-order valence-electron chi connectivity index (χ4n) is 2.86. The Balaban J connectivity index is 1.75. The van der Waals surface area contributed by atoms with E-state index >= 15 is 0 Å². The minimum atomic E-state index is -0.256. The summed E-state index contributed by atoms with van der Waals surface area (Å²) in [6.07, 6.45) is 1.65. The van der Waals surface area contributed by atoms with Crippen molar-refractivity contribution in [2.45, 2.75) is 33.6 Å². The van der Waals surface area contributed by atoms with Gasteiger partial charge >= 0.3 is 0 Å². The molecule has 0 bridgehead atoms. The van der Waals surface area contributed by atoms with Gasteiger partial charge in [-0.1, -0.05) is 56.3 Å². The van der Waals surface area contributed by atoms with Gasteiger partial charge in [-0.2, -0.15) is 5.10 Å². The third-order valence-electron chi connectivity index (χ3n) is 4.47. The number of rotatable bonds is 4. The number of nitrogens with zero attached hydrogens (tertiary/aromatic N) is 2. The summed E-state index contributed by atoms with van der Waals surface area (Å²) in [5, 5.41) is 5.03. The van der Waals surface area contributed by atoms with Crippen LogP contribution in [0.4, 0.5) is 0 Å². The van der Waals surface area contributed by atoms with Gasteiger partial charge < -0.3 is 0 Å². The molecule has 26 heavy (non-hydrogen) atoms. The number of amides is 1. The van der Waals surface area contributed by atoms with Crippen molar-refractivity contribution in [1.82, 2.24) is 10.4 Å². The summed E-state index contributed by atoms with van der Waals surface area (Å²) in [4.78, 5) is 17.0. The Kier molecular flexibility index (Phi) is 5.12. The first-order chi connectivity index (χ1) is 12.5. The highest BCUT2D eigenvalue weighted by atomic mass is 16.2. The van der Waals surface area contributed by atoms with Crippen molar-refractivity contribution in [1.29, 1.82) is 0 Å². The Hall–Kier alpha value is -3.01. The molecule has 0 spiro atoms. The van der Waals surface area contributed by atoms with Crippen LogP contribution in [-0.4, -0.2) is 17.1 Å².